The summed E-state index contributed by atoms with van der Waals surface area (Å²) >= 11 is -0.740. The van der Waals surface area contributed by atoms with Crippen molar-refractivity contribution in [1.82, 2.24) is 0 Å². The van der Waals surface area contributed by atoms with E-state index in [-0.39, 0.29) is 0 Å². The molecule has 0 heterocycles. The van der Waals surface area contributed by atoms with Crippen LogP contribution in [0.1, 0.15) is 0 Å². The van der Waals surface area contributed by atoms with E-state index in [2.05, 4.69) is 60.7 Å². The van der Waals surface area contributed by atoms with Crippen molar-refractivity contribution >= 4 is 6.64 Å². The van der Waals surface area contributed by atoms with E-state index >= 15 is 0 Å². The van der Waals surface area contributed by atoms with Gasteiger partial charge in [-0.05, 0) is 0 Å². The van der Waals surface area contributed by atoms with Gasteiger partial charge < -0.3 is 0 Å². The Bertz CT molecular complexity index is 316. The van der Waals surface area contributed by atoms with Crippen molar-refractivity contribution in [2.45, 2.75) is 0 Å². The predicted octanol–water partition coefficient (Wildman–Crippen LogP) is 1.72. The van der Waals surface area contributed by atoms with Crippen LogP contribution in [-0.4, -0.2) is 0 Å². The van der Waals surface area contributed by atoms with Crippen molar-refractivity contribution in [2.75, 3.05) is 0 Å². The summed E-state index contributed by atoms with van der Waals surface area (Å²) in [5.74, 6) is 0. The maximum atomic E-state index is 2.25. The molecule has 1 heteroatoms. The van der Waals surface area contributed by atoms with Gasteiger partial charge in [-0.25, -0.2) is 0 Å². The second kappa shape index (κ2) is 4.52. The molecule has 2 aromatic carbocycles. The minimum atomic E-state index is -0.740. The molecule has 2 aromatic rings. The van der Waals surface area contributed by atoms with Crippen LogP contribution >= 0.6 is 0 Å². The molecule has 62 valence electrons. The van der Waals surface area contributed by atoms with Crippen molar-refractivity contribution in [2.24, 2.45) is 0 Å². The molecule has 0 N–H and O–H groups in total. The Labute approximate surface area is 90.0 Å². The van der Waals surface area contributed by atoms with E-state index in [1.54, 1.807) is 6.64 Å². The van der Waals surface area contributed by atoms with Crippen molar-refractivity contribution in [3.63, 3.8) is 0 Å². The Balaban J connectivity index is 2.16. The van der Waals surface area contributed by atoms with Gasteiger partial charge in [-0.1, -0.05) is 0 Å². The van der Waals surface area contributed by atoms with Crippen LogP contribution in [0.4, 0.5) is 0 Å². The zero-order valence-corrected chi connectivity index (χ0v) is 10.9. The second-order valence-electron chi connectivity index (χ2n) is 2.86. The zero-order valence-electron chi connectivity index (χ0n) is 7.27. The molecule has 13 heavy (non-hydrogen) atoms. The minimum absolute atomic E-state index is 0.740. The van der Waals surface area contributed by atoms with Gasteiger partial charge in [0.05, 0.1) is 0 Å². The average molecular weight is 333 g/mol. The van der Waals surface area contributed by atoms with Crippen LogP contribution in [0.25, 0.3) is 0 Å². The normalized spacial score (nSPS) is 9.54. The van der Waals surface area contributed by atoms with Gasteiger partial charge in [0.2, 0.25) is 0 Å². The molecule has 2 rings (SSSR count). The predicted molar refractivity (Wildman–Crippen MR) is 52.2 cm³/mol. The molecule has 0 fully saturated rings. The third-order valence-electron chi connectivity index (χ3n) is 1.84. The number of rotatable bonds is 2. The molecule has 0 unspecified atom stereocenters. The van der Waals surface area contributed by atoms with Crippen LogP contribution in [-0.2, 0) is 22.9 Å². The summed E-state index contributed by atoms with van der Waals surface area (Å²) in [6.45, 7) is 0. The zero-order chi connectivity index (χ0) is 8.93. The van der Waals surface area contributed by atoms with Crippen molar-refractivity contribution < 1.29 is 22.9 Å². The van der Waals surface area contributed by atoms with Crippen LogP contribution < -0.4 is 6.64 Å². The maximum absolute atomic E-state index is 2.25. The van der Waals surface area contributed by atoms with E-state index in [4.69, 9.17) is 0 Å². The number of hydrogen-bond donors (Lipinski definition) is 0. The first-order chi connectivity index (χ1) is 6.45. The molecule has 0 aliphatic heterocycles. The topological polar surface area (TPSA) is 0 Å². The molecule has 0 amide bonds. The van der Waals surface area contributed by atoms with E-state index in [1.165, 1.54) is 0 Å². The van der Waals surface area contributed by atoms with E-state index in [1.807, 2.05) is 0 Å². The van der Waals surface area contributed by atoms with Gasteiger partial charge >= 0.3 is 90.2 Å². The van der Waals surface area contributed by atoms with E-state index in [0.717, 1.165) is 0 Å². The van der Waals surface area contributed by atoms with Crippen molar-refractivity contribution in [3.05, 3.63) is 60.7 Å². The van der Waals surface area contributed by atoms with Gasteiger partial charge in [0.1, 0.15) is 0 Å². The van der Waals surface area contributed by atoms with Crippen LogP contribution in [0, 0.1) is 0 Å². The summed E-state index contributed by atoms with van der Waals surface area (Å²) in [6.07, 6.45) is 0. The molecule has 0 atom stereocenters. The molecule has 0 aromatic heterocycles. The third kappa shape index (κ3) is 2.63. The Morgan fingerprint density at radius 1 is 0.538 bits per heavy atom. The molecule has 0 nitrogen and oxygen atoms in total. The molecular weight excluding hydrogens is 323 g/mol. The van der Waals surface area contributed by atoms with Gasteiger partial charge in [0.15, 0.2) is 0 Å². The molecule has 0 spiro atoms. The number of benzene rings is 2. The van der Waals surface area contributed by atoms with Gasteiger partial charge in [0, 0.05) is 0 Å². The number of hydrogen-bond acceptors (Lipinski definition) is 0. The molecule has 0 saturated heterocycles. The summed E-state index contributed by atoms with van der Waals surface area (Å²) < 4.78 is 3.13. The first-order valence-corrected chi connectivity index (χ1v) is 7.91. The summed E-state index contributed by atoms with van der Waals surface area (Å²) in [4.78, 5) is 0. The summed E-state index contributed by atoms with van der Waals surface area (Å²) in [6, 6.07) is 21.7. The summed E-state index contributed by atoms with van der Waals surface area (Å²) in [7, 11) is 0. The van der Waals surface area contributed by atoms with Gasteiger partial charge in [0.25, 0.3) is 0 Å². The fraction of sp³-hybridized carbons (Fsp3) is 0. The Morgan fingerprint density at radius 3 is 1.31 bits per heavy atom. The third-order valence-corrected chi connectivity index (χ3v) is 6.31. The molecule has 0 saturated carbocycles. The van der Waals surface area contributed by atoms with Crippen LogP contribution in [0.2, 0.25) is 0 Å². The van der Waals surface area contributed by atoms with E-state index < -0.39 is 22.9 Å². The van der Waals surface area contributed by atoms with Crippen LogP contribution in [0.3, 0.4) is 0 Å². The first kappa shape index (κ1) is 8.89. The van der Waals surface area contributed by atoms with Crippen molar-refractivity contribution in [3.8, 4) is 0 Å². The SMILES string of the molecule is c1cc[c]([Hf][c]2ccccc2)cc1. The summed E-state index contributed by atoms with van der Waals surface area (Å²) in [5, 5.41) is 0. The van der Waals surface area contributed by atoms with Crippen LogP contribution in [0.5, 0.6) is 0 Å². The first-order valence-electron chi connectivity index (χ1n) is 4.32. The standard InChI is InChI=1S/2C6H5.Hf/c2*1-2-4-6-5-3-1;/h2*1-5H;. The molecule has 0 radical (unpaired) electrons. The van der Waals surface area contributed by atoms with E-state index in [9.17, 15) is 0 Å². The van der Waals surface area contributed by atoms with Crippen LogP contribution in [0.15, 0.2) is 60.7 Å². The average Bonchev–Trinajstić information content (AvgIpc) is 2.21. The van der Waals surface area contributed by atoms with Gasteiger partial charge in [-0.15, -0.1) is 0 Å². The van der Waals surface area contributed by atoms with E-state index in [0.29, 0.717) is 0 Å². The fourth-order valence-electron chi connectivity index (χ4n) is 1.21. The Morgan fingerprint density at radius 2 is 0.923 bits per heavy atom. The molecular formula is C12H10Hf. The second-order valence-corrected chi connectivity index (χ2v) is 7.90. The Kier molecular flexibility index (Phi) is 3.09. The summed E-state index contributed by atoms with van der Waals surface area (Å²) in [5.41, 5.74) is 0. The fourth-order valence-corrected chi connectivity index (χ4v) is 4.99. The molecule has 0 aliphatic carbocycles. The molecule has 0 bridgehead atoms. The monoisotopic (exact) mass is 334 g/mol. The Hall–Kier alpha value is -0.690. The van der Waals surface area contributed by atoms with Gasteiger partial charge in [-0.3, -0.25) is 0 Å². The van der Waals surface area contributed by atoms with Gasteiger partial charge in [-0.2, -0.15) is 0 Å². The molecule has 0 aliphatic rings. The quantitative estimate of drug-likeness (QED) is 0.735. The van der Waals surface area contributed by atoms with Crippen molar-refractivity contribution in [1.29, 1.82) is 0 Å².